The highest BCUT2D eigenvalue weighted by atomic mass is 32.2. The molecule has 44 heavy (non-hydrogen) atoms. The van der Waals surface area contributed by atoms with Gasteiger partial charge in [-0.15, -0.1) is 0 Å². The normalized spacial score (nSPS) is 12.1. The molecule has 0 saturated carbocycles. The van der Waals surface area contributed by atoms with Crippen molar-refractivity contribution in [3.63, 3.8) is 0 Å². The Morgan fingerprint density at radius 3 is 2.07 bits per heavy atom. The van der Waals surface area contributed by atoms with Crippen LogP contribution in [0.15, 0.2) is 168 Å². The number of hydrogen-bond acceptors (Lipinski definition) is 2. The van der Waals surface area contributed by atoms with Gasteiger partial charge in [-0.3, -0.25) is 4.98 Å². The summed E-state index contributed by atoms with van der Waals surface area (Å²) in [6.07, 6.45) is 3.97. The van der Waals surface area contributed by atoms with Gasteiger partial charge in [0.25, 0.3) is 0 Å². The Kier molecular flexibility index (Phi) is 6.04. The highest BCUT2D eigenvalue weighted by Gasteiger charge is 2.18. The van der Waals surface area contributed by atoms with Gasteiger partial charge in [-0.2, -0.15) is 0 Å². The third kappa shape index (κ3) is 4.07. The van der Waals surface area contributed by atoms with E-state index in [2.05, 4.69) is 151 Å². The summed E-state index contributed by atoms with van der Waals surface area (Å²) in [7, 11) is -0.561. The Bertz CT molecular complexity index is 2470. The predicted octanol–water partition coefficient (Wildman–Crippen LogP) is 12.6. The number of nitrogens with zero attached hydrogens (tertiary/aromatic N) is 1. The fraction of sp³-hybridized carbons (Fsp3) is 0. The smallest absolute Gasteiger partial charge is 0.0353 e. The lowest BCUT2D eigenvalue weighted by atomic mass is 9.92. The molecule has 0 aliphatic carbocycles. The maximum atomic E-state index is 4.62. The fourth-order valence-corrected chi connectivity index (χ4v) is 10.5. The predicted molar refractivity (Wildman–Crippen MR) is 192 cm³/mol. The molecule has 1 atom stereocenters. The molecule has 0 amide bonds. The summed E-state index contributed by atoms with van der Waals surface area (Å²) < 4.78 is 0. The van der Waals surface area contributed by atoms with Crippen LogP contribution in [-0.2, 0) is 0 Å². The SMILES string of the molecule is c1ccc(-p2c3ccccc3c3cc(Sc4c5ccccc5c(-c5ccc6ccccc6c5)c5cnccc45)ccc32)cc1. The molecule has 0 aliphatic heterocycles. The minimum Gasteiger partial charge on any atom is -0.264 e. The first-order valence-corrected chi connectivity index (χ1v) is 17.0. The third-order valence-corrected chi connectivity index (χ3v) is 12.4. The molecule has 1 unspecified atom stereocenters. The van der Waals surface area contributed by atoms with Crippen LogP contribution in [0, 0.1) is 0 Å². The quantitative estimate of drug-likeness (QED) is 0.188. The molecule has 7 aromatic carbocycles. The Balaban J connectivity index is 1.26. The van der Waals surface area contributed by atoms with Gasteiger partial charge < -0.3 is 0 Å². The standard InChI is InChI=1S/C41H26NPS/c1-2-12-30(13-3-1)43-38-17-9-8-14-32(38)36-25-31(20-21-39(36)43)44-41-34-16-7-6-15-33(34)40(37-26-42-23-22-35(37)41)29-19-18-27-10-4-5-11-28(27)24-29/h1-26H. The van der Waals surface area contributed by atoms with Crippen LogP contribution in [0.2, 0.25) is 0 Å². The Labute approximate surface area is 260 Å². The van der Waals surface area contributed by atoms with Crippen LogP contribution in [0.3, 0.4) is 0 Å². The lowest BCUT2D eigenvalue weighted by molar-refractivity contribution is 1.36. The van der Waals surface area contributed by atoms with Crippen molar-refractivity contribution in [3.8, 4) is 16.4 Å². The van der Waals surface area contributed by atoms with Crippen LogP contribution >= 0.6 is 19.3 Å². The number of fused-ring (bicyclic) bond motifs is 6. The van der Waals surface area contributed by atoms with Crippen LogP contribution in [0.5, 0.6) is 0 Å². The lowest BCUT2D eigenvalue weighted by Crippen LogP contribution is -1.90. The zero-order valence-corrected chi connectivity index (χ0v) is 25.5. The summed E-state index contributed by atoms with van der Waals surface area (Å²) in [6.45, 7) is 0. The van der Waals surface area contributed by atoms with E-state index in [1.54, 1.807) is 0 Å². The molecule has 3 heteroatoms. The van der Waals surface area contributed by atoms with Gasteiger partial charge in [0.05, 0.1) is 0 Å². The third-order valence-electron chi connectivity index (χ3n) is 8.69. The van der Waals surface area contributed by atoms with E-state index < -0.39 is 7.53 Å². The van der Waals surface area contributed by atoms with Crippen LogP contribution in [0.4, 0.5) is 0 Å². The summed E-state index contributed by atoms with van der Waals surface area (Å²) in [5, 5.41) is 14.5. The summed E-state index contributed by atoms with van der Waals surface area (Å²) >= 11 is 1.87. The summed E-state index contributed by atoms with van der Waals surface area (Å²) in [4.78, 5) is 7.15. The second-order valence-corrected chi connectivity index (χ2v) is 14.4. The first kappa shape index (κ1) is 25.6. The fourth-order valence-electron chi connectivity index (χ4n) is 6.74. The second-order valence-electron chi connectivity index (χ2n) is 11.2. The molecule has 9 rings (SSSR count). The van der Waals surface area contributed by atoms with E-state index in [0.717, 1.165) is 0 Å². The van der Waals surface area contributed by atoms with Crippen LogP contribution in [-0.4, -0.2) is 4.98 Å². The largest absolute Gasteiger partial charge is 0.264 e. The molecule has 9 aromatic rings. The molecule has 0 fully saturated rings. The highest BCUT2D eigenvalue weighted by molar-refractivity contribution is 7.99. The van der Waals surface area contributed by atoms with Gasteiger partial charge in [-0.05, 0) is 84.5 Å². The summed E-state index contributed by atoms with van der Waals surface area (Å²) in [6, 6.07) is 53.5. The summed E-state index contributed by atoms with van der Waals surface area (Å²) in [5.41, 5.74) is 2.47. The molecule has 2 aromatic heterocycles. The molecule has 0 spiro atoms. The minimum absolute atomic E-state index is 0.561. The first-order chi connectivity index (χ1) is 21.8. The monoisotopic (exact) mass is 595 g/mol. The van der Waals surface area contributed by atoms with Gasteiger partial charge in [-0.1, -0.05) is 135 Å². The van der Waals surface area contributed by atoms with Gasteiger partial charge in [-0.25, -0.2) is 0 Å². The van der Waals surface area contributed by atoms with E-state index in [9.17, 15) is 0 Å². The summed E-state index contributed by atoms with van der Waals surface area (Å²) in [5.74, 6) is 0. The lowest BCUT2D eigenvalue weighted by Gasteiger charge is -2.17. The van der Waals surface area contributed by atoms with Crippen LogP contribution in [0.1, 0.15) is 0 Å². The van der Waals surface area contributed by atoms with E-state index in [-0.39, 0.29) is 0 Å². The topological polar surface area (TPSA) is 12.9 Å². The highest BCUT2D eigenvalue weighted by Crippen LogP contribution is 2.56. The molecule has 0 aliphatic rings. The van der Waals surface area contributed by atoms with Crippen molar-refractivity contribution < 1.29 is 0 Å². The molecule has 1 nitrogen and oxygen atoms in total. The molecule has 2 heterocycles. The molecule has 0 N–H and O–H groups in total. The van der Waals surface area contributed by atoms with Gasteiger partial charge >= 0.3 is 0 Å². The van der Waals surface area contributed by atoms with E-state index in [4.69, 9.17) is 0 Å². The Morgan fingerprint density at radius 1 is 0.477 bits per heavy atom. The first-order valence-electron chi connectivity index (χ1n) is 14.9. The minimum atomic E-state index is -0.561. The van der Waals surface area contributed by atoms with Crippen molar-refractivity contribution in [3.05, 3.63) is 158 Å². The van der Waals surface area contributed by atoms with Crippen molar-refractivity contribution in [2.75, 3.05) is 0 Å². The maximum Gasteiger partial charge on any atom is 0.0353 e. The molecule has 0 saturated heterocycles. The number of pyridine rings is 1. The Morgan fingerprint density at radius 2 is 1.18 bits per heavy atom. The average Bonchev–Trinajstić information content (AvgIpc) is 3.42. The second kappa shape index (κ2) is 10.4. The molecular formula is C41H26NPS. The van der Waals surface area contributed by atoms with Crippen molar-refractivity contribution in [2.45, 2.75) is 9.79 Å². The van der Waals surface area contributed by atoms with E-state index in [1.807, 2.05) is 24.2 Å². The van der Waals surface area contributed by atoms with Gasteiger partial charge in [0.15, 0.2) is 0 Å². The van der Waals surface area contributed by atoms with E-state index >= 15 is 0 Å². The van der Waals surface area contributed by atoms with Crippen molar-refractivity contribution in [2.24, 2.45) is 0 Å². The molecule has 0 bridgehead atoms. The van der Waals surface area contributed by atoms with E-state index in [1.165, 1.54) is 79.5 Å². The van der Waals surface area contributed by atoms with Crippen molar-refractivity contribution in [1.82, 2.24) is 4.98 Å². The zero-order valence-electron chi connectivity index (χ0n) is 23.8. The van der Waals surface area contributed by atoms with Gasteiger partial charge in [0.2, 0.25) is 0 Å². The maximum absolute atomic E-state index is 4.62. The number of aromatic nitrogens is 1. The van der Waals surface area contributed by atoms with Crippen molar-refractivity contribution in [1.29, 1.82) is 0 Å². The van der Waals surface area contributed by atoms with Crippen LogP contribution < -0.4 is 0 Å². The molecule has 206 valence electrons. The number of benzene rings is 7. The Hall–Kier alpha value is -4.88. The van der Waals surface area contributed by atoms with Crippen LogP contribution in [0.25, 0.3) is 69.8 Å². The van der Waals surface area contributed by atoms with Gasteiger partial charge in [0, 0.05) is 37.8 Å². The van der Waals surface area contributed by atoms with Gasteiger partial charge in [0.1, 0.15) is 0 Å². The number of rotatable bonds is 4. The molecule has 0 radical (unpaired) electrons. The number of hydrogen-bond donors (Lipinski definition) is 0. The van der Waals surface area contributed by atoms with E-state index in [0.29, 0.717) is 0 Å². The molecular weight excluding hydrogens is 569 g/mol. The van der Waals surface area contributed by atoms with Crippen molar-refractivity contribution >= 4 is 72.6 Å². The average molecular weight is 596 g/mol. The zero-order chi connectivity index (χ0) is 29.0.